The van der Waals surface area contributed by atoms with Crippen LogP contribution in [0.3, 0.4) is 0 Å². The van der Waals surface area contributed by atoms with E-state index in [1.807, 2.05) is 0 Å². The van der Waals surface area contributed by atoms with Gasteiger partial charge in [0.15, 0.2) is 0 Å². The molecule has 0 amide bonds. The van der Waals surface area contributed by atoms with E-state index >= 15 is 0 Å². The van der Waals surface area contributed by atoms with Crippen LogP contribution in [0, 0.1) is 0 Å². The third-order valence-corrected chi connectivity index (χ3v) is 2.29. The summed E-state index contributed by atoms with van der Waals surface area (Å²) < 4.78 is 6.32. The average Bonchev–Trinajstić information content (AvgIpc) is 2.65. The van der Waals surface area contributed by atoms with Gasteiger partial charge in [0.2, 0.25) is 0 Å². The van der Waals surface area contributed by atoms with Gasteiger partial charge in [0.05, 0.1) is 39.9 Å². The standard InChI is InChI=1S/C9H20NO.ClH/c1-4-6-10(2,3)7-5-9-8-11-9;/h9H,4-8H2,1-3H3;1H/q+1;/p-1. The van der Waals surface area contributed by atoms with Crippen LogP contribution in [0.25, 0.3) is 0 Å². The van der Waals surface area contributed by atoms with Gasteiger partial charge < -0.3 is 21.6 Å². The Morgan fingerprint density at radius 1 is 1.33 bits per heavy atom. The second-order valence-electron chi connectivity index (χ2n) is 4.13. The Balaban J connectivity index is 0.00000121. The number of nitrogens with zero attached hydrogens (tertiary/aromatic N) is 1. The van der Waals surface area contributed by atoms with E-state index in [0.717, 1.165) is 11.1 Å². The van der Waals surface area contributed by atoms with Crippen molar-refractivity contribution in [1.82, 2.24) is 0 Å². The third kappa shape index (κ3) is 4.96. The highest BCUT2D eigenvalue weighted by atomic mass is 35.5. The normalized spacial score (nSPS) is 21.8. The second-order valence-corrected chi connectivity index (χ2v) is 4.13. The first-order valence-electron chi connectivity index (χ1n) is 4.57. The van der Waals surface area contributed by atoms with Gasteiger partial charge in [0.1, 0.15) is 0 Å². The minimum atomic E-state index is 0. The first-order chi connectivity index (χ1) is 5.14. The van der Waals surface area contributed by atoms with E-state index < -0.39 is 0 Å². The van der Waals surface area contributed by atoms with Crippen molar-refractivity contribution in [3.8, 4) is 0 Å². The van der Waals surface area contributed by atoms with Crippen molar-refractivity contribution in [3.63, 3.8) is 0 Å². The van der Waals surface area contributed by atoms with Gasteiger partial charge in [-0.1, -0.05) is 6.92 Å². The predicted octanol–water partition coefficient (Wildman–Crippen LogP) is -1.73. The molecule has 0 saturated carbocycles. The number of halogens is 1. The summed E-state index contributed by atoms with van der Waals surface area (Å²) in [4.78, 5) is 0. The summed E-state index contributed by atoms with van der Waals surface area (Å²) in [5.74, 6) is 0. The molecular weight excluding hydrogens is 174 g/mol. The van der Waals surface area contributed by atoms with Gasteiger partial charge in [-0.15, -0.1) is 0 Å². The number of rotatable bonds is 5. The number of hydrogen-bond donors (Lipinski definition) is 0. The molecule has 0 aromatic rings. The van der Waals surface area contributed by atoms with Crippen LogP contribution >= 0.6 is 0 Å². The fraction of sp³-hybridized carbons (Fsp3) is 1.00. The van der Waals surface area contributed by atoms with Gasteiger partial charge in [-0.2, -0.15) is 0 Å². The van der Waals surface area contributed by atoms with Gasteiger partial charge in [0, 0.05) is 6.42 Å². The minimum Gasteiger partial charge on any atom is -1.00 e. The molecular formula is C9H20ClNO. The largest absolute Gasteiger partial charge is 1.00 e. The Labute approximate surface area is 81.9 Å². The zero-order chi connectivity index (χ0) is 8.32. The summed E-state index contributed by atoms with van der Waals surface area (Å²) >= 11 is 0. The van der Waals surface area contributed by atoms with Crippen LogP contribution in [-0.4, -0.2) is 44.4 Å². The molecule has 0 aromatic carbocycles. The Kier molecular flexibility index (Phi) is 5.14. The molecule has 0 radical (unpaired) electrons. The van der Waals surface area contributed by atoms with Gasteiger partial charge >= 0.3 is 0 Å². The van der Waals surface area contributed by atoms with Crippen LogP contribution in [0.4, 0.5) is 0 Å². The highest BCUT2D eigenvalue weighted by molar-refractivity contribution is 4.67. The van der Waals surface area contributed by atoms with Gasteiger partial charge in [-0.05, 0) is 6.42 Å². The van der Waals surface area contributed by atoms with Crippen LogP contribution in [0.5, 0.6) is 0 Å². The quantitative estimate of drug-likeness (QED) is 0.374. The van der Waals surface area contributed by atoms with Crippen molar-refractivity contribution >= 4 is 0 Å². The molecule has 1 saturated heterocycles. The smallest absolute Gasteiger partial charge is 0.0863 e. The number of hydrogen-bond acceptors (Lipinski definition) is 1. The SMILES string of the molecule is CCC[N+](C)(C)CCC1CO1.[Cl-]. The minimum absolute atomic E-state index is 0. The van der Waals surface area contributed by atoms with E-state index in [1.165, 1.54) is 25.9 Å². The van der Waals surface area contributed by atoms with Crippen LogP contribution in [0.2, 0.25) is 0 Å². The predicted molar refractivity (Wildman–Crippen MR) is 46.5 cm³/mol. The fourth-order valence-corrected chi connectivity index (χ4v) is 1.45. The molecule has 74 valence electrons. The van der Waals surface area contributed by atoms with E-state index in [-0.39, 0.29) is 12.4 Å². The highest BCUT2D eigenvalue weighted by Gasteiger charge is 2.25. The molecule has 1 fully saturated rings. The number of epoxide rings is 1. The molecule has 1 heterocycles. The summed E-state index contributed by atoms with van der Waals surface area (Å²) in [6.07, 6.45) is 3.12. The maximum Gasteiger partial charge on any atom is 0.0863 e. The molecule has 0 aromatic heterocycles. The van der Waals surface area contributed by atoms with Crippen molar-refractivity contribution in [1.29, 1.82) is 0 Å². The topological polar surface area (TPSA) is 12.5 Å². The molecule has 1 unspecified atom stereocenters. The molecule has 0 N–H and O–H groups in total. The van der Waals surface area contributed by atoms with Crippen molar-refractivity contribution in [2.24, 2.45) is 0 Å². The maximum absolute atomic E-state index is 5.17. The Bertz CT molecular complexity index is 124. The van der Waals surface area contributed by atoms with E-state index in [1.54, 1.807) is 0 Å². The van der Waals surface area contributed by atoms with Gasteiger partial charge in [0.25, 0.3) is 0 Å². The molecule has 12 heavy (non-hydrogen) atoms. The molecule has 0 bridgehead atoms. The first-order valence-corrected chi connectivity index (χ1v) is 4.57. The van der Waals surface area contributed by atoms with Crippen molar-refractivity contribution < 1.29 is 21.6 Å². The fourth-order valence-electron chi connectivity index (χ4n) is 1.45. The summed E-state index contributed by atoms with van der Waals surface area (Å²) in [6.45, 7) is 5.80. The van der Waals surface area contributed by atoms with Crippen LogP contribution in [0.15, 0.2) is 0 Å². The summed E-state index contributed by atoms with van der Waals surface area (Å²) in [5, 5.41) is 0. The lowest BCUT2D eigenvalue weighted by molar-refractivity contribution is -0.890. The lowest BCUT2D eigenvalue weighted by Crippen LogP contribution is -3.00. The van der Waals surface area contributed by atoms with E-state index in [4.69, 9.17) is 4.74 Å². The number of quaternary nitrogens is 1. The molecule has 0 aliphatic carbocycles. The highest BCUT2D eigenvalue weighted by Crippen LogP contribution is 2.15. The van der Waals surface area contributed by atoms with Crippen LogP contribution < -0.4 is 12.4 Å². The summed E-state index contributed by atoms with van der Waals surface area (Å²) in [6, 6.07) is 0. The zero-order valence-electron chi connectivity index (χ0n) is 8.35. The third-order valence-electron chi connectivity index (χ3n) is 2.29. The molecule has 3 heteroatoms. The summed E-state index contributed by atoms with van der Waals surface area (Å²) in [5.41, 5.74) is 0. The number of ether oxygens (including phenoxy) is 1. The maximum atomic E-state index is 5.17. The van der Waals surface area contributed by atoms with Crippen molar-refractivity contribution in [2.75, 3.05) is 33.8 Å². The van der Waals surface area contributed by atoms with E-state index in [9.17, 15) is 0 Å². The molecule has 1 aliphatic rings. The molecule has 2 nitrogen and oxygen atoms in total. The van der Waals surface area contributed by atoms with Gasteiger partial charge in [-0.25, -0.2) is 0 Å². The van der Waals surface area contributed by atoms with Gasteiger partial charge in [-0.3, -0.25) is 0 Å². The lowest BCUT2D eigenvalue weighted by atomic mass is 10.3. The second kappa shape index (κ2) is 5.05. The Morgan fingerprint density at radius 3 is 2.33 bits per heavy atom. The molecule has 0 spiro atoms. The van der Waals surface area contributed by atoms with Crippen molar-refractivity contribution in [3.05, 3.63) is 0 Å². The molecule has 1 rings (SSSR count). The first kappa shape index (κ1) is 12.2. The molecule has 1 atom stereocenters. The lowest BCUT2D eigenvalue weighted by Gasteiger charge is -2.29. The monoisotopic (exact) mass is 193 g/mol. The Morgan fingerprint density at radius 2 is 1.92 bits per heavy atom. The van der Waals surface area contributed by atoms with Crippen molar-refractivity contribution in [2.45, 2.75) is 25.9 Å². The molecule has 1 aliphatic heterocycles. The Hall–Kier alpha value is 0.210. The average molecular weight is 194 g/mol. The summed E-state index contributed by atoms with van der Waals surface area (Å²) in [7, 11) is 4.60. The van der Waals surface area contributed by atoms with Crippen LogP contribution in [-0.2, 0) is 4.74 Å². The van der Waals surface area contributed by atoms with E-state index in [2.05, 4.69) is 21.0 Å². The van der Waals surface area contributed by atoms with Crippen LogP contribution in [0.1, 0.15) is 19.8 Å². The van der Waals surface area contributed by atoms with E-state index in [0.29, 0.717) is 6.10 Å². The zero-order valence-corrected chi connectivity index (χ0v) is 9.10.